The second-order valence-electron chi connectivity index (χ2n) is 6.98. The van der Waals surface area contributed by atoms with E-state index in [9.17, 15) is 0 Å². The second-order valence-corrected chi connectivity index (χ2v) is 20.5. The predicted molar refractivity (Wildman–Crippen MR) is 111 cm³/mol. The number of methoxy groups -OCH3 is 4. The molecule has 0 N–H and O–H groups in total. The predicted octanol–water partition coefficient (Wildman–Crippen LogP) is 1.36. The first-order valence-electron chi connectivity index (χ1n) is 8.65. The molecule has 0 radical (unpaired) electrons. The van der Waals surface area contributed by atoms with Gasteiger partial charge in [-0.2, -0.15) is 0 Å². The van der Waals surface area contributed by atoms with Crippen LogP contribution in [0.25, 0.3) is 0 Å². The molecule has 0 aromatic rings. The first-order chi connectivity index (χ1) is 12.5. The lowest BCUT2D eigenvalue weighted by Gasteiger charge is -2.42. The molecule has 9 nitrogen and oxygen atoms in total. The van der Waals surface area contributed by atoms with Crippen molar-refractivity contribution >= 4 is 34.2 Å². The average molecular weight is 463 g/mol. The summed E-state index contributed by atoms with van der Waals surface area (Å²) in [5, 5.41) is 0. The minimum absolute atomic E-state index is 0.327. The van der Waals surface area contributed by atoms with Gasteiger partial charge in [-0.05, 0) is 26.2 Å². The van der Waals surface area contributed by atoms with Gasteiger partial charge in [0.1, 0.15) is 0 Å². The number of ether oxygens (including phenoxy) is 4. The third kappa shape index (κ3) is 9.70. The molecule has 0 bridgehead atoms. The van der Waals surface area contributed by atoms with Crippen LogP contribution in [0.5, 0.6) is 0 Å². The van der Waals surface area contributed by atoms with Crippen molar-refractivity contribution in [1.29, 1.82) is 0 Å². The molecule has 0 fully saturated rings. The van der Waals surface area contributed by atoms with Gasteiger partial charge in [0.05, 0.1) is 24.9 Å². The number of rotatable bonds is 16. The highest BCUT2D eigenvalue weighted by atomic mass is 28.5. The lowest BCUT2D eigenvalue weighted by atomic mass is 11.5. The molecule has 0 saturated heterocycles. The zero-order valence-corrected chi connectivity index (χ0v) is 22.5. The van der Waals surface area contributed by atoms with E-state index in [1.807, 2.05) is 26.2 Å². The van der Waals surface area contributed by atoms with E-state index < -0.39 is 34.2 Å². The molecule has 0 saturated carbocycles. The van der Waals surface area contributed by atoms with Crippen LogP contribution in [0, 0.1) is 0 Å². The van der Waals surface area contributed by atoms with Crippen LogP contribution in [0.15, 0.2) is 0 Å². The van der Waals surface area contributed by atoms with E-state index >= 15 is 0 Å². The molecule has 0 aromatic carbocycles. The van der Waals surface area contributed by atoms with E-state index in [2.05, 4.69) is 0 Å². The fraction of sp³-hybridized carbons (Fsp3) is 1.00. The number of hydrogen-bond acceptors (Lipinski definition) is 9. The van der Waals surface area contributed by atoms with Gasteiger partial charge in [-0.3, -0.25) is 0 Å². The minimum Gasteiger partial charge on any atom is -0.413 e. The first kappa shape index (κ1) is 27.5. The molecule has 0 aliphatic carbocycles. The summed E-state index contributed by atoms with van der Waals surface area (Å²) in [6.45, 7) is 7.77. The Morgan fingerprint density at radius 1 is 0.407 bits per heavy atom. The monoisotopic (exact) mass is 462 g/mol. The summed E-state index contributed by atoms with van der Waals surface area (Å²) in [5.41, 5.74) is 0. The van der Waals surface area contributed by atoms with E-state index in [-0.39, 0.29) is 0 Å². The normalized spacial score (nSPS) is 21.1. The van der Waals surface area contributed by atoms with Crippen molar-refractivity contribution in [3.8, 4) is 0 Å². The Balaban J connectivity index is 5.64. The number of hydrogen-bond donors (Lipinski definition) is 0. The van der Waals surface area contributed by atoms with Gasteiger partial charge in [0.2, 0.25) is 0 Å². The van der Waals surface area contributed by atoms with Crippen molar-refractivity contribution in [2.24, 2.45) is 0 Å². The van der Waals surface area contributed by atoms with Gasteiger partial charge in [0.15, 0.2) is 0 Å². The summed E-state index contributed by atoms with van der Waals surface area (Å²) in [5.74, 6) is 0. The Kier molecular flexibility index (Phi) is 12.5. The molecule has 0 rings (SSSR count). The Morgan fingerprint density at radius 3 is 0.852 bits per heavy atom. The minimum atomic E-state index is -2.83. The van der Waals surface area contributed by atoms with E-state index in [1.165, 1.54) is 0 Å². The summed E-state index contributed by atoms with van der Waals surface area (Å²) in [6.07, 6.45) is 1.43. The maximum absolute atomic E-state index is 6.58. The smallest absolute Gasteiger partial charge is 0.352 e. The van der Waals surface area contributed by atoms with Crippen molar-refractivity contribution in [1.82, 2.24) is 0 Å². The van der Waals surface area contributed by atoms with Crippen LogP contribution in [0.1, 0.15) is 0 Å². The topological polar surface area (TPSA) is 83.1 Å². The van der Waals surface area contributed by atoms with E-state index in [0.717, 1.165) is 0 Å². The van der Waals surface area contributed by atoms with E-state index in [0.29, 0.717) is 24.9 Å². The standard InChI is InChI=1S/C14H38O9Si4/c1-15-11-24(7,19-5)21-26(9,13-17-3)23-27(10,14-18-4)22-25(8,20-6)12-16-2/h11-14H2,1-10H3. The van der Waals surface area contributed by atoms with Gasteiger partial charge < -0.3 is 40.1 Å². The van der Waals surface area contributed by atoms with Gasteiger partial charge >= 0.3 is 34.2 Å². The Hall–Kier alpha value is 0.508. The lowest BCUT2D eigenvalue weighted by molar-refractivity contribution is 0.137. The van der Waals surface area contributed by atoms with Crippen LogP contribution in [0.2, 0.25) is 26.2 Å². The van der Waals surface area contributed by atoms with Crippen molar-refractivity contribution in [2.75, 3.05) is 67.6 Å². The fourth-order valence-electron chi connectivity index (χ4n) is 2.84. The molecule has 4 atom stereocenters. The average Bonchev–Trinajstić information content (AvgIpc) is 2.54. The molecule has 4 unspecified atom stereocenters. The Labute approximate surface area is 168 Å². The molecule has 164 valence electrons. The maximum Gasteiger partial charge on any atom is 0.352 e. The van der Waals surface area contributed by atoms with Crippen molar-refractivity contribution in [3.63, 3.8) is 0 Å². The van der Waals surface area contributed by atoms with Crippen molar-refractivity contribution < 1.29 is 40.1 Å². The highest BCUT2D eigenvalue weighted by Crippen LogP contribution is 2.25. The molecule has 0 aliphatic rings. The van der Waals surface area contributed by atoms with Crippen LogP contribution in [-0.4, -0.2) is 102 Å². The van der Waals surface area contributed by atoms with Crippen LogP contribution in [0.3, 0.4) is 0 Å². The Morgan fingerprint density at radius 2 is 0.630 bits per heavy atom. The van der Waals surface area contributed by atoms with Gasteiger partial charge in [-0.15, -0.1) is 0 Å². The van der Waals surface area contributed by atoms with Crippen LogP contribution in [0.4, 0.5) is 0 Å². The first-order valence-corrected chi connectivity index (χ1v) is 18.7. The van der Waals surface area contributed by atoms with Crippen LogP contribution < -0.4 is 0 Å². The van der Waals surface area contributed by atoms with Crippen LogP contribution >= 0.6 is 0 Å². The summed E-state index contributed by atoms with van der Waals surface area (Å²) in [4.78, 5) is 0. The summed E-state index contributed by atoms with van der Waals surface area (Å²) >= 11 is 0. The Bertz CT molecular complexity index is 388. The third-order valence-electron chi connectivity index (χ3n) is 3.79. The molecule has 0 heterocycles. The highest BCUT2D eigenvalue weighted by Gasteiger charge is 2.51. The van der Waals surface area contributed by atoms with Gasteiger partial charge in [-0.1, -0.05) is 0 Å². The summed E-state index contributed by atoms with van der Waals surface area (Å²) in [7, 11) is -1.10. The van der Waals surface area contributed by atoms with Crippen molar-refractivity contribution in [2.45, 2.75) is 26.2 Å². The molecule has 13 heteroatoms. The summed E-state index contributed by atoms with van der Waals surface area (Å²) < 4.78 is 52.2. The van der Waals surface area contributed by atoms with E-state index in [1.54, 1.807) is 42.7 Å². The largest absolute Gasteiger partial charge is 0.413 e. The fourth-order valence-corrected chi connectivity index (χ4v) is 19.3. The molecular formula is C14H38O9Si4. The molecular weight excluding hydrogens is 424 g/mol. The molecule has 0 aromatic heterocycles. The quantitative estimate of drug-likeness (QED) is 0.316. The van der Waals surface area contributed by atoms with Crippen LogP contribution in [-0.2, 0) is 40.1 Å². The van der Waals surface area contributed by atoms with Gasteiger partial charge in [0, 0.05) is 42.7 Å². The second kappa shape index (κ2) is 12.3. The van der Waals surface area contributed by atoms with Crippen molar-refractivity contribution in [3.05, 3.63) is 0 Å². The SMILES string of the molecule is COC[Si](C)(OC)O[Si](C)(COC)O[Si](C)(COC)O[Si](C)(COC)OC. The maximum atomic E-state index is 6.58. The zero-order valence-electron chi connectivity index (χ0n) is 18.5. The molecule has 0 amide bonds. The molecule has 27 heavy (non-hydrogen) atoms. The zero-order chi connectivity index (χ0) is 21.2. The third-order valence-corrected chi connectivity index (χ3v) is 19.1. The highest BCUT2D eigenvalue weighted by molar-refractivity contribution is 6.88. The molecule has 0 aliphatic heterocycles. The molecule has 0 spiro atoms. The lowest BCUT2D eigenvalue weighted by Crippen LogP contribution is -2.65. The van der Waals surface area contributed by atoms with Gasteiger partial charge in [0.25, 0.3) is 0 Å². The summed E-state index contributed by atoms with van der Waals surface area (Å²) in [6, 6.07) is 0. The van der Waals surface area contributed by atoms with Gasteiger partial charge in [-0.25, -0.2) is 0 Å². The van der Waals surface area contributed by atoms with E-state index in [4.69, 9.17) is 40.1 Å².